The highest BCUT2D eigenvalue weighted by Gasteiger charge is 2.10. The topological polar surface area (TPSA) is 29.3 Å². The summed E-state index contributed by atoms with van der Waals surface area (Å²) in [4.78, 5) is 5.59. The van der Waals surface area contributed by atoms with E-state index in [-0.39, 0.29) is 0 Å². The van der Waals surface area contributed by atoms with Crippen LogP contribution in [0.1, 0.15) is 17.1 Å². The van der Waals surface area contributed by atoms with Crippen molar-refractivity contribution in [3.8, 4) is 0 Å². The molecule has 0 atom stereocenters. The van der Waals surface area contributed by atoms with Crippen molar-refractivity contribution in [2.75, 3.05) is 7.05 Å². The fourth-order valence-electron chi connectivity index (χ4n) is 1.54. The molecular formula is C9H13N3S. The van der Waals surface area contributed by atoms with E-state index in [9.17, 15) is 0 Å². The Bertz CT molecular complexity index is 427. The standard InChI is InChI=1S/C9H13N3S/c1-6-5-13-9-11-7(2)8(4-10-3)12(6)9/h5,10H,4H2,1-3H3. The fraction of sp³-hybridized carbons (Fsp3) is 0.444. The van der Waals surface area contributed by atoms with E-state index in [4.69, 9.17) is 0 Å². The molecule has 70 valence electrons. The normalized spacial score (nSPS) is 11.3. The van der Waals surface area contributed by atoms with Crippen LogP contribution in [0.5, 0.6) is 0 Å². The zero-order valence-electron chi connectivity index (χ0n) is 8.09. The second-order valence-electron chi connectivity index (χ2n) is 3.17. The van der Waals surface area contributed by atoms with Gasteiger partial charge in [0.1, 0.15) is 0 Å². The summed E-state index contributed by atoms with van der Waals surface area (Å²) in [5, 5.41) is 5.30. The molecule has 2 aromatic heterocycles. The van der Waals surface area contributed by atoms with E-state index in [0.29, 0.717) is 0 Å². The van der Waals surface area contributed by atoms with Gasteiger partial charge in [0.05, 0.1) is 11.4 Å². The summed E-state index contributed by atoms with van der Waals surface area (Å²) >= 11 is 1.70. The molecule has 0 aromatic carbocycles. The Morgan fingerprint density at radius 2 is 2.31 bits per heavy atom. The molecule has 13 heavy (non-hydrogen) atoms. The molecule has 4 heteroatoms. The number of aromatic nitrogens is 2. The van der Waals surface area contributed by atoms with E-state index in [1.807, 2.05) is 7.05 Å². The molecular weight excluding hydrogens is 182 g/mol. The molecule has 0 bridgehead atoms. The summed E-state index contributed by atoms with van der Waals surface area (Å²) in [6.07, 6.45) is 0. The first-order chi connectivity index (χ1) is 6.24. The molecule has 0 aliphatic carbocycles. The number of aryl methyl sites for hydroxylation is 2. The van der Waals surface area contributed by atoms with Crippen LogP contribution < -0.4 is 5.32 Å². The van der Waals surface area contributed by atoms with Gasteiger partial charge in [0.25, 0.3) is 0 Å². The average Bonchev–Trinajstić information content (AvgIpc) is 2.57. The second kappa shape index (κ2) is 3.12. The minimum Gasteiger partial charge on any atom is -0.314 e. The van der Waals surface area contributed by atoms with Crippen molar-refractivity contribution in [3.63, 3.8) is 0 Å². The SMILES string of the molecule is CNCc1c(C)nc2scc(C)n12. The van der Waals surface area contributed by atoms with E-state index >= 15 is 0 Å². The third-order valence-corrected chi connectivity index (χ3v) is 3.12. The van der Waals surface area contributed by atoms with Gasteiger partial charge in [-0.2, -0.15) is 0 Å². The Balaban J connectivity index is 2.67. The van der Waals surface area contributed by atoms with Gasteiger partial charge in [-0.3, -0.25) is 4.40 Å². The van der Waals surface area contributed by atoms with E-state index in [1.165, 1.54) is 11.4 Å². The molecule has 0 aliphatic rings. The largest absolute Gasteiger partial charge is 0.314 e. The van der Waals surface area contributed by atoms with Crippen LogP contribution in [-0.2, 0) is 6.54 Å². The molecule has 2 aromatic rings. The lowest BCUT2D eigenvalue weighted by Gasteiger charge is -2.00. The minimum absolute atomic E-state index is 0.880. The van der Waals surface area contributed by atoms with Crippen molar-refractivity contribution in [1.82, 2.24) is 14.7 Å². The predicted molar refractivity (Wildman–Crippen MR) is 55.3 cm³/mol. The maximum absolute atomic E-state index is 4.49. The van der Waals surface area contributed by atoms with Crippen LogP contribution in [0.3, 0.4) is 0 Å². The Hall–Kier alpha value is -0.870. The van der Waals surface area contributed by atoms with E-state index < -0.39 is 0 Å². The molecule has 0 spiro atoms. The highest BCUT2D eigenvalue weighted by molar-refractivity contribution is 7.15. The number of imidazole rings is 1. The second-order valence-corrected chi connectivity index (χ2v) is 4.01. The van der Waals surface area contributed by atoms with Gasteiger partial charge in [-0.15, -0.1) is 11.3 Å². The van der Waals surface area contributed by atoms with Gasteiger partial charge < -0.3 is 5.32 Å². The van der Waals surface area contributed by atoms with E-state index in [2.05, 4.69) is 33.9 Å². The molecule has 0 unspecified atom stereocenters. The summed E-state index contributed by atoms with van der Waals surface area (Å²) in [6, 6.07) is 0. The highest BCUT2D eigenvalue weighted by Crippen LogP contribution is 2.19. The Morgan fingerprint density at radius 1 is 1.54 bits per heavy atom. The van der Waals surface area contributed by atoms with E-state index in [1.54, 1.807) is 11.3 Å². The summed E-state index contributed by atoms with van der Waals surface area (Å²) in [6.45, 7) is 5.06. The average molecular weight is 195 g/mol. The van der Waals surface area contributed by atoms with Gasteiger partial charge in [0, 0.05) is 17.6 Å². The zero-order chi connectivity index (χ0) is 9.42. The van der Waals surface area contributed by atoms with Crippen LogP contribution in [0.4, 0.5) is 0 Å². The van der Waals surface area contributed by atoms with Crippen molar-refractivity contribution in [2.45, 2.75) is 20.4 Å². The number of thiazole rings is 1. The Morgan fingerprint density at radius 3 is 3.00 bits per heavy atom. The van der Waals surface area contributed by atoms with Crippen LogP contribution in [0.25, 0.3) is 4.96 Å². The Labute approximate surface area is 81.4 Å². The highest BCUT2D eigenvalue weighted by atomic mass is 32.1. The third kappa shape index (κ3) is 1.26. The van der Waals surface area contributed by atoms with Crippen molar-refractivity contribution in [1.29, 1.82) is 0 Å². The minimum atomic E-state index is 0.880. The quantitative estimate of drug-likeness (QED) is 0.790. The third-order valence-electron chi connectivity index (χ3n) is 2.17. The number of rotatable bonds is 2. The monoisotopic (exact) mass is 195 g/mol. The summed E-state index contributed by atoms with van der Waals surface area (Å²) in [5.74, 6) is 0. The number of fused-ring (bicyclic) bond motifs is 1. The summed E-state index contributed by atoms with van der Waals surface area (Å²) in [5.41, 5.74) is 3.67. The first-order valence-corrected chi connectivity index (χ1v) is 5.18. The van der Waals surface area contributed by atoms with Crippen LogP contribution >= 0.6 is 11.3 Å². The van der Waals surface area contributed by atoms with Crippen LogP contribution in [0.15, 0.2) is 5.38 Å². The lowest BCUT2D eigenvalue weighted by atomic mass is 10.3. The summed E-state index contributed by atoms with van der Waals surface area (Å²) in [7, 11) is 1.96. The maximum Gasteiger partial charge on any atom is 0.194 e. The molecule has 0 aliphatic heterocycles. The lowest BCUT2D eigenvalue weighted by molar-refractivity contribution is 0.772. The van der Waals surface area contributed by atoms with Crippen molar-refractivity contribution >= 4 is 16.3 Å². The summed E-state index contributed by atoms with van der Waals surface area (Å²) < 4.78 is 2.22. The molecule has 2 rings (SSSR count). The molecule has 3 nitrogen and oxygen atoms in total. The van der Waals surface area contributed by atoms with Crippen LogP contribution in [0.2, 0.25) is 0 Å². The molecule has 0 radical (unpaired) electrons. The van der Waals surface area contributed by atoms with Crippen LogP contribution in [0, 0.1) is 13.8 Å². The molecule has 2 heterocycles. The first kappa shape index (κ1) is 8.72. The number of nitrogens with zero attached hydrogens (tertiary/aromatic N) is 2. The smallest absolute Gasteiger partial charge is 0.194 e. The number of hydrogen-bond donors (Lipinski definition) is 1. The van der Waals surface area contributed by atoms with Crippen molar-refractivity contribution in [3.05, 3.63) is 22.5 Å². The van der Waals surface area contributed by atoms with Gasteiger partial charge in [-0.05, 0) is 20.9 Å². The van der Waals surface area contributed by atoms with Crippen molar-refractivity contribution < 1.29 is 0 Å². The lowest BCUT2D eigenvalue weighted by Crippen LogP contribution is -2.09. The number of nitrogens with one attached hydrogen (secondary N) is 1. The molecule has 0 saturated carbocycles. The van der Waals surface area contributed by atoms with Gasteiger partial charge in [-0.1, -0.05) is 0 Å². The molecule has 0 saturated heterocycles. The zero-order valence-corrected chi connectivity index (χ0v) is 8.90. The van der Waals surface area contributed by atoms with Gasteiger partial charge in [-0.25, -0.2) is 4.98 Å². The molecule has 1 N–H and O–H groups in total. The Kier molecular flexibility index (Phi) is 2.09. The van der Waals surface area contributed by atoms with E-state index in [0.717, 1.165) is 17.2 Å². The number of hydrogen-bond acceptors (Lipinski definition) is 3. The van der Waals surface area contributed by atoms with Crippen LogP contribution in [-0.4, -0.2) is 16.4 Å². The maximum atomic E-state index is 4.49. The predicted octanol–water partition coefficient (Wildman–Crippen LogP) is 1.73. The molecule has 0 amide bonds. The molecule has 0 fully saturated rings. The van der Waals surface area contributed by atoms with Gasteiger partial charge in [0.15, 0.2) is 4.96 Å². The fourth-order valence-corrected chi connectivity index (χ4v) is 2.47. The van der Waals surface area contributed by atoms with Gasteiger partial charge in [0.2, 0.25) is 0 Å². The van der Waals surface area contributed by atoms with Gasteiger partial charge >= 0.3 is 0 Å². The van der Waals surface area contributed by atoms with Crippen molar-refractivity contribution in [2.24, 2.45) is 0 Å². The first-order valence-electron chi connectivity index (χ1n) is 4.30.